The number of carbonyl (C=O) groups is 1. The number of likely N-dealkylation sites (N-methyl/N-ethyl adjacent to an activating group) is 1. The molecule has 1 amide bonds. The van der Waals surface area contributed by atoms with E-state index in [1.54, 1.807) is 43.3 Å². The van der Waals surface area contributed by atoms with Crippen LogP contribution in [0, 0.1) is 13.8 Å². The predicted octanol–water partition coefficient (Wildman–Crippen LogP) is 3.22. The van der Waals surface area contributed by atoms with Crippen LogP contribution in [0.2, 0.25) is 5.02 Å². The first kappa shape index (κ1) is 18.4. The number of para-hydroxylation sites is 1. The quantitative estimate of drug-likeness (QED) is 0.883. The van der Waals surface area contributed by atoms with Crippen molar-refractivity contribution < 1.29 is 13.2 Å². The van der Waals surface area contributed by atoms with Crippen LogP contribution in [0.15, 0.2) is 47.4 Å². The summed E-state index contributed by atoms with van der Waals surface area (Å²) >= 11 is 5.98. The van der Waals surface area contributed by atoms with Crippen LogP contribution in [-0.2, 0) is 14.8 Å². The zero-order valence-electron chi connectivity index (χ0n) is 13.7. The summed E-state index contributed by atoms with van der Waals surface area (Å²) in [7, 11) is -2.37. The number of hydrogen-bond donors (Lipinski definition) is 1. The molecule has 5 nitrogen and oxygen atoms in total. The molecule has 0 heterocycles. The number of benzene rings is 2. The molecule has 0 saturated carbocycles. The minimum Gasteiger partial charge on any atom is -0.324 e. The Balaban J connectivity index is 2.16. The summed E-state index contributed by atoms with van der Waals surface area (Å²) in [6.07, 6.45) is 0. The number of amides is 1. The molecule has 1 N–H and O–H groups in total. The van der Waals surface area contributed by atoms with Crippen LogP contribution in [0.3, 0.4) is 0 Å². The third-order valence-corrected chi connectivity index (χ3v) is 5.82. The number of rotatable bonds is 5. The molecule has 128 valence electrons. The number of anilines is 1. The van der Waals surface area contributed by atoms with Crippen LogP contribution in [0.4, 0.5) is 5.69 Å². The summed E-state index contributed by atoms with van der Waals surface area (Å²) in [5.74, 6) is -0.459. The number of aryl methyl sites for hydroxylation is 2. The number of sulfonamides is 1. The molecule has 24 heavy (non-hydrogen) atoms. The highest BCUT2D eigenvalue weighted by Crippen LogP contribution is 2.22. The maximum absolute atomic E-state index is 12.7. The normalized spacial score (nSPS) is 11.5. The molecule has 0 radical (unpaired) electrons. The molecule has 0 atom stereocenters. The SMILES string of the molecule is Cc1ccc(C)c(S(=O)(=O)N(C)CC(=O)Nc2ccccc2Cl)c1. The topological polar surface area (TPSA) is 66.5 Å². The van der Waals surface area contributed by atoms with Gasteiger partial charge in [-0.25, -0.2) is 8.42 Å². The van der Waals surface area contributed by atoms with Crippen LogP contribution in [0.5, 0.6) is 0 Å². The molecule has 0 bridgehead atoms. The van der Waals surface area contributed by atoms with Gasteiger partial charge in [0.05, 0.1) is 22.2 Å². The molecular formula is C17H19ClN2O3S. The second-order valence-electron chi connectivity index (χ2n) is 5.56. The molecule has 0 saturated heterocycles. The van der Waals surface area contributed by atoms with Gasteiger partial charge in [0, 0.05) is 7.05 Å². The second kappa shape index (κ2) is 7.34. The van der Waals surface area contributed by atoms with Crippen molar-refractivity contribution in [1.82, 2.24) is 4.31 Å². The summed E-state index contributed by atoms with van der Waals surface area (Å²) in [6, 6.07) is 12.0. The Kier molecular flexibility index (Phi) is 5.64. The second-order valence-corrected chi connectivity index (χ2v) is 7.98. The summed E-state index contributed by atoms with van der Waals surface area (Å²) < 4.78 is 26.4. The monoisotopic (exact) mass is 366 g/mol. The van der Waals surface area contributed by atoms with Crippen molar-refractivity contribution in [3.05, 3.63) is 58.6 Å². The molecule has 0 aliphatic carbocycles. The van der Waals surface area contributed by atoms with Gasteiger partial charge in [-0.05, 0) is 43.2 Å². The molecule has 0 spiro atoms. The van der Waals surface area contributed by atoms with Gasteiger partial charge in [0.2, 0.25) is 15.9 Å². The zero-order valence-corrected chi connectivity index (χ0v) is 15.3. The molecule has 0 aliphatic rings. The number of nitrogens with one attached hydrogen (secondary N) is 1. The van der Waals surface area contributed by atoms with Crippen molar-refractivity contribution in [3.8, 4) is 0 Å². The minimum atomic E-state index is -3.75. The molecular weight excluding hydrogens is 348 g/mol. The number of nitrogens with zero attached hydrogens (tertiary/aromatic N) is 1. The summed E-state index contributed by atoms with van der Waals surface area (Å²) in [5, 5.41) is 3.01. The first-order valence-corrected chi connectivity index (χ1v) is 9.11. The summed E-state index contributed by atoms with van der Waals surface area (Å²) in [5.41, 5.74) is 1.92. The summed E-state index contributed by atoms with van der Waals surface area (Å²) in [6.45, 7) is 3.24. The molecule has 7 heteroatoms. The van der Waals surface area contributed by atoms with E-state index in [2.05, 4.69) is 5.32 Å². The van der Waals surface area contributed by atoms with E-state index >= 15 is 0 Å². The van der Waals surface area contributed by atoms with Gasteiger partial charge >= 0.3 is 0 Å². The van der Waals surface area contributed by atoms with Crippen molar-refractivity contribution in [2.24, 2.45) is 0 Å². The lowest BCUT2D eigenvalue weighted by molar-refractivity contribution is -0.116. The fourth-order valence-electron chi connectivity index (χ4n) is 2.19. The lowest BCUT2D eigenvalue weighted by Crippen LogP contribution is -2.35. The predicted molar refractivity (Wildman–Crippen MR) is 95.8 cm³/mol. The van der Waals surface area contributed by atoms with Gasteiger partial charge in [-0.2, -0.15) is 4.31 Å². The first-order chi connectivity index (χ1) is 11.2. The smallest absolute Gasteiger partial charge is 0.243 e. The molecule has 0 unspecified atom stereocenters. The van der Waals surface area contributed by atoms with Crippen molar-refractivity contribution in [1.29, 1.82) is 0 Å². The van der Waals surface area contributed by atoms with Crippen molar-refractivity contribution >= 4 is 33.2 Å². The lowest BCUT2D eigenvalue weighted by Gasteiger charge is -2.18. The van der Waals surface area contributed by atoms with E-state index in [1.807, 2.05) is 13.0 Å². The maximum Gasteiger partial charge on any atom is 0.243 e. The van der Waals surface area contributed by atoms with E-state index in [-0.39, 0.29) is 11.4 Å². The summed E-state index contributed by atoms with van der Waals surface area (Å²) in [4.78, 5) is 12.3. The van der Waals surface area contributed by atoms with E-state index < -0.39 is 15.9 Å². The fourth-order valence-corrected chi connectivity index (χ4v) is 3.81. The Hall–Kier alpha value is -1.89. The molecule has 0 aromatic heterocycles. The Morgan fingerprint density at radius 1 is 1.17 bits per heavy atom. The van der Waals surface area contributed by atoms with E-state index in [9.17, 15) is 13.2 Å². The standard InChI is InChI=1S/C17H19ClN2O3S/c1-12-8-9-13(2)16(10-12)24(22,23)20(3)11-17(21)19-15-7-5-4-6-14(15)18/h4-10H,11H2,1-3H3,(H,19,21). The molecule has 2 aromatic carbocycles. The third kappa shape index (κ3) is 4.14. The maximum atomic E-state index is 12.7. The van der Waals surface area contributed by atoms with Crippen LogP contribution in [0.1, 0.15) is 11.1 Å². The van der Waals surface area contributed by atoms with Crippen molar-refractivity contribution in [3.63, 3.8) is 0 Å². The molecule has 2 rings (SSSR count). The molecule has 0 aliphatic heterocycles. The lowest BCUT2D eigenvalue weighted by atomic mass is 10.2. The van der Waals surface area contributed by atoms with Gasteiger partial charge in [0.25, 0.3) is 0 Å². The Bertz CT molecular complexity index is 866. The van der Waals surface area contributed by atoms with E-state index in [0.717, 1.165) is 9.87 Å². The largest absolute Gasteiger partial charge is 0.324 e. The Morgan fingerprint density at radius 3 is 2.50 bits per heavy atom. The number of carbonyl (C=O) groups excluding carboxylic acids is 1. The zero-order chi connectivity index (χ0) is 17.9. The third-order valence-electron chi connectivity index (χ3n) is 3.55. The van der Waals surface area contributed by atoms with Crippen molar-refractivity contribution in [2.75, 3.05) is 18.9 Å². The highest BCUT2D eigenvalue weighted by atomic mass is 35.5. The first-order valence-electron chi connectivity index (χ1n) is 7.30. The number of halogens is 1. The van der Waals surface area contributed by atoms with Gasteiger partial charge in [-0.1, -0.05) is 35.9 Å². The fraction of sp³-hybridized carbons (Fsp3) is 0.235. The highest BCUT2D eigenvalue weighted by Gasteiger charge is 2.25. The van der Waals surface area contributed by atoms with Crippen molar-refractivity contribution in [2.45, 2.75) is 18.7 Å². The van der Waals surface area contributed by atoms with E-state index in [0.29, 0.717) is 16.3 Å². The van der Waals surface area contributed by atoms with Gasteiger partial charge in [0.15, 0.2) is 0 Å². The Morgan fingerprint density at radius 2 is 1.83 bits per heavy atom. The highest BCUT2D eigenvalue weighted by molar-refractivity contribution is 7.89. The van der Waals surface area contributed by atoms with Gasteiger partial charge in [-0.3, -0.25) is 4.79 Å². The van der Waals surface area contributed by atoms with Crippen LogP contribution < -0.4 is 5.32 Å². The van der Waals surface area contributed by atoms with Gasteiger partial charge in [-0.15, -0.1) is 0 Å². The van der Waals surface area contributed by atoms with Gasteiger partial charge < -0.3 is 5.32 Å². The van der Waals surface area contributed by atoms with Crippen LogP contribution in [0.25, 0.3) is 0 Å². The van der Waals surface area contributed by atoms with E-state index in [1.165, 1.54) is 7.05 Å². The molecule has 2 aromatic rings. The Labute approximate surface area is 147 Å². The minimum absolute atomic E-state index is 0.204. The van der Waals surface area contributed by atoms with E-state index in [4.69, 9.17) is 11.6 Å². The number of hydrogen-bond acceptors (Lipinski definition) is 3. The average Bonchev–Trinajstić information content (AvgIpc) is 2.51. The van der Waals surface area contributed by atoms with Crippen LogP contribution in [-0.4, -0.2) is 32.2 Å². The van der Waals surface area contributed by atoms with Crippen LogP contribution >= 0.6 is 11.6 Å². The average molecular weight is 367 g/mol. The van der Waals surface area contributed by atoms with Gasteiger partial charge in [0.1, 0.15) is 0 Å². The molecule has 0 fully saturated rings.